The van der Waals surface area contributed by atoms with E-state index in [1.807, 2.05) is 42.2 Å². The maximum atomic E-state index is 15.7. The number of thiophene rings is 1. The third-order valence-electron chi connectivity index (χ3n) is 18.4. The van der Waals surface area contributed by atoms with Crippen LogP contribution in [-0.2, 0) is 20.7 Å². The molecule has 8 bridgehead atoms. The first-order chi connectivity index (χ1) is 28.5. The first-order valence-electron chi connectivity index (χ1n) is 23.2. The Morgan fingerprint density at radius 3 is 2.27 bits per heavy atom. The molecule has 1 aromatic heterocycles. The number of amides is 1. The molecule has 6 unspecified atom stereocenters. The van der Waals surface area contributed by atoms with Crippen molar-refractivity contribution >= 4 is 39.1 Å². The summed E-state index contributed by atoms with van der Waals surface area (Å²) in [6.45, 7) is 11.2. The molecule has 9 aliphatic rings. The molecule has 0 spiro atoms. The summed E-state index contributed by atoms with van der Waals surface area (Å²) in [7, 11) is 0. The van der Waals surface area contributed by atoms with Crippen LogP contribution in [0.1, 0.15) is 157 Å². The van der Waals surface area contributed by atoms with Crippen LogP contribution in [0.3, 0.4) is 0 Å². The lowest BCUT2D eigenvalue weighted by atomic mass is 9.49. The molecule has 7 nitrogen and oxygen atoms in total. The van der Waals surface area contributed by atoms with Crippen LogP contribution in [0.4, 0.5) is 0 Å². The predicted molar refractivity (Wildman–Crippen MR) is 236 cm³/mol. The number of hydrogen-bond acceptors (Lipinski definition) is 7. The minimum atomic E-state index is -1.27. The van der Waals surface area contributed by atoms with Crippen LogP contribution in [0.2, 0.25) is 0 Å². The number of carbonyl (C=O) groups excluding carboxylic acids is 3. The highest BCUT2D eigenvalue weighted by Gasteiger charge is 2.76. The van der Waals surface area contributed by atoms with E-state index < -0.39 is 33.6 Å². The summed E-state index contributed by atoms with van der Waals surface area (Å²) in [6, 6.07) is 16.3. The minimum Gasteiger partial charge on any atom is -0.448 e. The molecule has 7 fully saturated rings. The van der Waals surface area contributed by atoms with Gasteiger partial charge in [0.2, 0.25) is 5.78 Å². The van der Waals surface area contributed by atoms with Crippen molar-refractivity contribution < 1.29 is 29.3 Å². The maximum absolute atomic E-state index is 15.7. The number of aliphatic hydroxyl groups excluding tert-OH is 1. The van der Waals surface area contributed by atoms with E-state index in [1.165, 1.54) is 36.2 Å². The summed E-state index contributed by atoms with van der Waals surface area (Å²) in [5.74, 6) is 1.55. The number of rotatable bonds is 7. The molecular formula is C52H65NO6S. The highest BCUT2D eigenvalue weighted by molar-refractivity contribution is 7.21. The van der Waals surface area contributed by atoms with Gasteiger partial charge in [0.15, 0.2) is 5.60 Å². The molecule has 8 aliphatic carbocycles. The van der Waals surface area contributed by atoms with Gasteiger partial charge in [-0.05, 0) is 174 Å². The lowest BCUT2D eigenvalue weighted by Gasteiger charge is -2.58. The van der Waals surface area contributed by atoms with Crippen molar-refractivity contribution in [1.82, 2.24) is 4.90 Å². The van der Waals surface area contributed by atoms with Gasteiger partial charge in [0.25, 0.3) is 5.91 Å². The molecule has 6 atom stereocenters. The predicted octanol–water partition coefficient (Wildman–Crippen LogP) is 10.3. The van der Waals surface area contributed by atoms with Crippen LogP contribution >= 0.6 is 11.3 Å². The van der Waals surface area contributed by atoms with E-state index in [2.05, 4.69) is 52.0 Å². The molecule has 8 heteroatoms. The molecule has 2 heterocycles. The summed E-state index contributed by atoms with van der Waals surface area (Å²) in [6.07, 6.45) is 14.6. The van der Waals surface area contributed by atoms with Gasteiger partial charge in [0.1, 0.15) is 0 Å². The molecule has 2 N–H and O–H groups in total. The third-order valence-corrected chi connectivity index (χ3v) is 19.5. The highest BCUT2D eigenvalue weighted by Crippen LogP contribution is 2.67. The Balaban J connectivity index is 1.07. The number of ether oxygens (including phenoxy) is 1. The summed E-state index contributed by atoms with van der Waals surface area (Å²) in [4.78, 5) is 47.0. The standard InChI is InChI=1S/C52H65NO6S/c1-32-9-8-17-48(4)41(39-15-13-33(24-38(54)14-12-32)25-40(39)44(55)43-26-37-10-6-7-11-42(37)60-43)16-18-51(48,58)31-53(30-50-27-34-21-35(28-50)23-36(22-34)29-50)45(56)52-20-19-49(5,46(57)59-52)47(52,2)3/h6-7,9-11,13,15,25-26,34-36,38,41,54,58H,8,12,14,16-24,27-31H2,1-5H3. The zero-order valence-corrected chi connectivity index (χ0v) is 37.3. The quantitative estimate of drug-likeness (QED) is 0.140. The molecule has 1 aliphatic heterocycles. The van der Waals surface area contributed by atoms with Crippen molar-refractivity contribution in [2.45, 2.75) is 154 Å². The van der Waals surface area contributed by atoms with E-state index in [1.54, 1.807) is 0 Å². The van der Waals surface area contributed by atoms with Crippen LogP contribution in [-0.4, -0.2) is 63.2 Å². The van der Waals surface area contributed by atoms with Gasteiger partial charge in [-0.1, -0.05) is 62.8 Å². The van der Waals surface area contributed by atoms with Crippen molar-refractivity contribution in [2.24, 2.45) is 39.4 Å². The number of hydrogen-bond donors (Lipinski definition) is 2. The zero-order valence-electron chi connectivity index (χ0n) is 36.5. The minimum absolute atomic E-state index is 0.0122. The molecule has 12 rings (SSSR count). The van der Waals surface area contributed by atoms with Gasteiger partial charge in [-0.2, -0.15) is 0 Å². The average molecular weight is 832 g/mol. The van der Waals surface area contributed by atoms with Crippen molar-refractivity contribution in [3.63, 3.8) is 0 Å². The number of fused-ring (bicyclic) bond motifs is 11. The first kappa shape index (κ1) is 40.7. The monoisotopic (exact) mass is 831 g/mol. The van der Waals surface area contributed by atoms with Crippen molar-refractivity contribution in [1.29, 1.82) is 0 Å². The second-order valence-corrected chi connectivity index (χ2v) is 23.3. The summed E-state index contributed by atoms with van der Waals surface area (Å²) in [5, 5.41) is 25.9. The second kappa shape index (κ2) is 14.1. The smallest absolute Gasteiger partial charge is 0.313 e. The van der Waals surface area contributed by atoms with Gasteiger partial charge in [-0.15, -0.1) is 11.3 Å². The number of benzene rings is 2. The first-order valence-corrected chi connectivity index (χ1v) is 24.0. The lowest BCUT2D eigenvalue weighted by Crippen LogP contribution is -2.63. The molecule has 1 saturated heterocycles. The number of ketones is 1. The molecule has 60 heavy (non-hydrogen) atoms. The van der Waals surface area contributed by atoms with E-state index in [9.17, 15) is 19.8 Å². The van der Waals surface area contributed by atoms with E-state index in [4.69, 9.17) is 4.74 Å². The molecular weight excluding hydrogens is 767 g/mol. The maximum Gasteiger partial charge on any atom is 0.313 e. The Hall–Kier alpha value is -3.33. The van der Waals surface area contributed by atoms with E-state index in [0.29, 0.717) is 79.7 Å². The fourth-order valence-corrected chi connectivity index (χ4v) is 15.8. The molecule has 3 aromatic rings. The van der Waals surface area contributed by atoms with Gasteiger partial charge >= 0.3 is 5.97 Å². The van der Waals surface area contributed by atoms with Crippen molar-refractivity contribution in [3.05, 3.63) is 81.7 Å². The topological polar surface area (TPSA) is 104 Å². The Labute approximate surface area is 360 Å². The number of nitrogens with zero attached hydrogens (tertiary/aromatic N) is 1. The van der Waals surface area contributed by atoms with Crippen molar-refractivity contribution in [2.75, 3.05) is 13.1 Å². The van der Waals surface area contributed by atoms with Gasteiger partial charge < -0.3 is 19.8 Å². The van der Waals surface area contributed by atoms with E-state index in [0.717, 1.165) is 53.3 Å². The summed E-state index contributed by atoms with van der Waals surface area (Å²) >= 11 is 1.52. The van der Waals surface area contributed by atoms with Crippen LogP contribution in [0.25, 0.3) is 10.1 Å². The van der Waals surface area contributed by atoms with Gasteiger partial charge in [0, 0.05) is 27.6 Å². The Morgan fingerprint density at radius 2 is 1.60 bits per heavy atom. The molecule has 0 radical (unpaired) electrons. The Kier molecular flexibility index (Phi) is 9.56. The second-order valence-electron chi connectivity index (χ2n) is 22.2. The van der Waals surface area contributed by atoms with E-state index in [-0.39, 0.29) is 35.5 Å². The average Bonchev–Trinajstić information content (AvgIpc) is 3.84. The largest absolute Gasteiger partial charge is 0.448 e. The molecule has 1 amide bonds. The number of allylic oxidation sites excluding steroid dienone is 2. The zero-order chi connectivity index (χ0) is 42.0. The number of carbonyl (C=O) groups is 3. The molecule has 6 saturated carbocycles. The summed E-state index contributed by atoms with van der Waals surface area (Å²) < 4.78 is 7.41. The normalized spacial score (nSPS) is 39.1. The van der Waals surface area contributed by atoms with Crippen LogP contribution < -0.4 is 0 Å². The van der Waals surface area contributed by atoms with Gasteiger partial charge in [0.05, 0.1) is 28.5 Å². The van der Waals surface area contributed by atoms with Crippen LogP contribution in [0.15, 0.2) is 60.2 Å². The fourth-order valence-electron chi connectivity index (χ4n) is 14.8. The number of esters is 1. The van der Waals surface area contributed by atoms with E-state index >= 15 is 4.79 Å². The highest BCUT2D eigenvalue weighted by atomic mass is 32.1. The third kappa shape index (κ3) is 6.10. The fraction of sp³-hybridized carbons (Fsp3) is 0.635. The van der Waals surface area contributed by atoms with Crippen LogP contribution in [0, 0.1) is 39.4 Å². The molecule has 2 aromatic carbocycles. The van der Waals surface area contributed by atoms with Crippen molar-refractivity contribution in [3.8, 4) is 0 Å². The Morgan fingerprint density at radius 1 is 0.883 bits per heavy atom. The Bertz CT molecular complexity index is 2220. The molecule has 320 valence electrons. The van der Waals surface area contributed by atoms with Gasteiger partial charge in [-0.3, -0.25) is 14.4 Å². The van der Waals surface area contributed by atoms with Crippen LogP contribution in [0.5, 0.6) is 0 Å². The SMILES string of the molecule is CC1=CCCC2(C)C(CCC2(O)CN(CC23CC4CC(CC(C4)C2)C3)C(=O)C23CCC(C)(C(=O)O2)C3(C)C)c2ccc(cc2C(=O)c2cc3ccccc3s2)CC(O)CC1. The summed E-state index contributed by atoms with van der Waals surface area (Å²) in [5.41, 5.74) is -0.874. The lowest BCUT2D eigenvalue weighted by molar-refractivity contribution is -0.181. The van der Waals surface area contributed by atoms with Gasteiger partial charge in [-0.25, -0.2) is 0 Å². The number of aliphatic hydroxyl groups is 2.